The minimum Gasteiger partial charge on any atom is -0.383 e. The van der Waals surface area contributed by atoms with E-state index in [0.717, 1.165) is 24.0 Å². The van der Waals surface area contributed by atoms with Crippen LogP contribution < -0.4 is 10.6 Å². The van der Waals surface area contributed by atoms with Crippen LogP contribution in [0.4, 0.5) is 11.5 Å². The van der Waals surface area contributed by atoms with Crippen LogP contribution >= 0.6 is 0 Å². The largest absolute Gasteiger partial charge is 0.383 e. The molecule has 0 amide bonds. The molecule has 16 heavy (non-hydrogen) atoms. The predicted molar refractivity (Wildman–Crippen MR) is 65.4 cm³/mol. The Morgan fingerprint density at radius 3 is 2.75 bits per heavy atom. The molecule has 0 aliphatic carbocycles. The van der Waals surface area contributed by atoms with Crippen molar-refractivity contribution >= 4 is 22.4 Å². The molecular formula is C12H14N4. The Hall–Kier alpha value is -1.84. The number of rotatable bonds is 1. The predicted octanol–water partition coefficient (Wildman–Crippen LogP) is 1.81. The van der Waals surface area contributed by atoms with E-state index >= 15 is 0 Å². The Balaban J connectivity index is 2.10. The van der Waals surface area contributed by atoms with Gasteiger partial charge in [-0.15, -0.1) is 0 Å². The number of hydrogen-bond acceptors (Lipinski definition) is 4. The molecule has 2 N–H and O–H groups in total. The van der Waals surface area contributed by atoms with Crippen LogP contribution in [-0.2, 0) is 0 Å². The van der Waals surface area contributed by atoms with Crippen molar-refractivity contribution in [3.63, 3.8) is 0 Å². The Morgan fingerprint density at radius 2 is 1.94 bits per heavy atom. The Morgan fingerprint density at radius 1 is 1.12 bits per heavy atom. The van der Waals surface area contributed by atoms with E-state index in [1.807, 2.05) is 6.07 Å². The number of nitrogen functional groups attached to an aromatic ring is 1. The molecule has 3 rings (SSSR count). The third kappa shape index (κ3) is 1.46. The molecule has 1 aromatic carbocycles. The van der Waals surface area contributed by atoms with Gasteiger partial charge in [-0.2, -0.15) is 0 Å². The number of anilines is 2. The molecule has 2 aromatic rings. The van der Waals surface area contributed by atoms with Gasteiger partial charge in [0.05, 0.1) is 5.52 Å². The summed E-state index contributed by atoms with van der Waals surface area (Å²) in [5, 5.41) is 0.951. The first-order chi connectivity index (χ1) is 7.84. The fourth-order valence-corrected chi connectivity index (χ4v) is 2.24. The van der Waals surface area contributed by atoms with Gasteiger partial charge in [-0.25, -0.2) is 9.97 Å². The maximum absolute atomic E-state index is 5.85. The van der Waals surface area contributed by atoms with Crippen LogP contribution in [0.15, 0.2) is 24.5 Å². The van der Waals surface area contributed by atoms with Crippen LogP contribution in [-0.4, -0.2) is 23.1 Å². The summed E-state index contributed by atoms with van der Waals surface area (Å²) in [5.41, 5.74) is 7.99. The van der Waals surface area contributed by atoms with Gasteiger partial charge in [-0.3, -0.25) is 0 Å². The Labute approximate surface area is 94.1 Å². The number of benzene rings is 1. The van der Waals surface area contributed by atoms with E-state index in [0.29, 0.717) is 5.82 Å². The fraction of sp³-hybridized carbons (Fsp3) is 0.333. The van der Waals surface area contributed by atoms with Gasteiger partial charge in [-0.1, -0.05) is 0 Å². The normalized spacial score (nSPS) is 15.9. The first kappa shape index (κ1) is 9.39. The lowest BCUT2D eigenvalue weighted by Crippen LogP contribution is -2.17. The molecule has 1 aliphatic heterocycles. The lowest BCUT2D eigenvalue weighted by molar-refractivity contribution is 0.949. The van der Waals surface area contributed by atoms with Crippen molar-refractivity contribution in [1.29, 1.82) is 0 Å². The monoisotopic (exact) mass is 214 g/mol. The van der Waals surface area contributed by atoms with Crippen LogP contribution in [0.5, 0.6) is 0 Å². The summed E-state index contributed by atoms with van der Waals surface area (Å²) in [4.78, 5) is 10.6. The number of nitrogens with two attached hydrogens (primary N) is 1. The average Bonchev–Trinajstić information content (AvgIpc) is 2.83. The molecular weight excluding hydrogens is 200 g/mol. The van der Waals surface area contributed by atoms with Gasteiger partial charge in [0.2, 0.25) is 0 Å². The molecule has 0 unspecified atom stereocenters. The lowest BCUT2D eigenvalue weighted by atomic mass is 10.2. The van der Waals surface area contributed by atoms with Crippen LogP contribution in [0.2, 0.25) is 0 Å². The van der Waals surface area contributed by atoms with Gasteiger partial charge in [0.25, 0.3) is 0 Å². The van der Waals surface area contributed by atoms with E-state index < -0.39 is 0 Å². The van der Waals surface area contributed by atoms with Crippen LogP contribution in [0.25, 0.3) is 10.9 Å². The summed E-state index contributed by atoms with van der Waals surface area (Å²) in [7, 11) is 0. The summed E-state index contributed by atoms with van der Waals surface area (Å²) in [6, 6.07) is 6.22. The molecule has 1 saturated heterocycles. The third-order valence-corrected chi connectivity index (χ3v) is 3.12. The highest BCUT2D eigenvalue weighted by atomic mass is 15.1. The van der Waals surface area contributed by atoms with E-state index in [1.165, 1.54) is 24.9 Å². The van der Waals surface area contributed by atoms with Crippen molar-refractivity contribution in [2.75, 3.05) is 23.7 Å². The van der Waals surface area contributed by atoms with E-state index in [2.05, 4.69) is 27.0 Å². The molecule has 0 saturated carbocycles. The maximum atomic E-state index is 5.85. The molecule has 0 atom stereocenters. The molecule has 1 aromatic heterocycles. The van der Waals surface area contributed by atoms with Gasteiger partial charge in [0.1, 0.15) is 12.1 Å². The third-order valence-electron chi connectivity index (χ3n) is 3.12. The standard InChI is InChI=1S/C12H14N4/c13-12-10-7-9(16-5-1-2-6-16)3-4-11(10)14-8-15-12/h3-4,7-8H,1-2,5-6H2,(H2,13,14,15). The maximum Gasteiger partial charge on any atom is 0.134 e. The quantitative estimate of drug-likeness (QED) is 0.786. The highest BCUT2D eigenvalue weighted by Gasteiger charge is 2.13. The zero-order chi connectivity index (χ0) is 11.0. The highest BCUT2D eigenvalue weighted by Crippen LogP contribution is 2.26. The molecule has 82 valence electrons. The molecule has 1 aliphatic rings. The summed E-state index contributed by atoms with van der Waals surface area (Å²) >= 11 is 0. The second-order valence-corrected chi connectivity index (χ2v) is 4.15. The topological polar surface area (TPSA) is 55.0 Å². The first-order valence-corrected chi connectivity index (χ1v) is 5.60. The van der Waals surface area contributed by atoms with Crippen molar-refractivity contribution in [2.24, 2.45) is 0 Å². The summed E-state index contributed by atoms with van der Waals surface area (Å²) in [6.45, 7) is 2.28. The zero-order valence-corrected chi connectivity index (χ0v) is 9.06. The Bertz CT molecular complexity index is 517. The number of nitrogens with zero attached hydrogens (tertiary/aromatic N) is 3. The molecule has 2 heterocycles. The molecule has 1 fully saturated rings. The van der Waals surface area contributed by atoms with Crippen molar-refractivity contribution in [3.8, 4) is 0 Å². The minimum absolute atomic E-state index is 0.561. The van der Waals surface area contributed by atoms with E-state index in [9.17, 15) is 0 Å². The molecule has 0 bridgehead atoms. The van der Waals surface area contributed by atoms with Gasteiger partial charge >= 0.3 is 0 Å². The average molecular weight is 214 g/mol. The van der Waals surface area contributed by atoms with Gasteiger partial charge in [0.15, 0.2) is 0 Å². The van der Waals surface area contributed by atoms with E-state index in [1.54, 1.807) is 0 Å². The fourth-order valence-electron chi connectivity index (χ4n) is 2.24. The summed E-state index contributed by atoms with van der Waals surface area (Å²) in [5.74, 6) is 0.561. The number of fused-ring (bicyclic) bond motifs is 1. The Kier molecular flexibility index (Phi) is 2.13. The highest BCUT2D eigenvalue weighted by molar-refractivity contribution is 5.90. The van der Waals surface area contributed by atoms with Crippen molar-refractivity contribution in [2.45, 2.75) is 12.8 Å². The van der Waals surface area contributed by atoms with Crippen molar-refractivity contribution in [1.82, 2.24) is 9.97 Å². The van der Waals surface area contributed by atoms with Crippen LogP contribution in [0, 0.1) is 0 Å². The first-order valence-electron chi connectivity index (χ1n) is 5.60. The number of aromatic nitrogens is 2. The lowest BCUT2D eigenvalue weighted by Gasteiger charge is -2.17. The second-order valence-electron chi connectivity index (χ2n) is 4.15. The van der Waals surface area contributed by atoms with E-state index in [4.69, 9.17) is 5.73 Å². The molecule has 4 heteroatoms. The van der Waals surface area contributed by atoms with Gasteiger partial charge in [0, 0.05) is 24.2 Å². The minimum atomic E-state index is 0.561. The van der Waals surface area contributed by atoms with Crippen LogP contribution in [0.1, 0.15) is 12.8 Å². The van der Waals surface area contributed by atoms with E-state index in [-0.39, 0.29) is 0 Å². The van der Waals surface area contributed by atoms with Crippen LogP contribution in [0.3, 0.4) is 0 Å². The van der Waals surface area contributed by atoms with Crippen molar-refractivity contribution < 1.29 is 0 Å². The van der Waals surface area contributed by atoms with Crippen molar-refractivity contribution in [3.05, 3.63) is 24.5 Å². The smallest absolute Gasteiger partial charge is 0.134 e. The molecule has 0 radical (unpaired) electrons. The zero-order valence-electron chi connectivity index (χ0n) is 9.06. The number of hydrogen-bond donors (Lipinski definition) is 1. The van der Waals surface area contributed by atoms with Gasteiger partial charge in [-0.05, 0) is 31.0 Å². The summed E-state index contributed by atoms with van der Waals surface area (Å²) in [6.07, 6.45) is 4.06. The second kappa shape index (κ2) is 3.63. The summed E-state index contributed by atoms with van der Waals surface area (Å²) < 4.78 is 0. The molecule has 4 nitrogen and oxygen atoms in total. The molecule has 0 spiro atoms. The van der Waals surface area contributed by atoms with Gasteiger partial charge < -0.3 is 10.6 Å². The SMILES string of the molecule is Nc1ncnc2ccc(N3CCCC3)cc12.